The van der Waals surface area contributed by atoms with Crippen molar-refractivity contribution in [3.63, 3.8) is 0 Å². The molecule has 0 saturated carbocycles. The average Bonchev–Trinajstić information content (AvgIpc) is 3.92. The molecule has 0 unspecified atom stereocenters. The van der Waals surface area contributed by atoms with E-state index in [9.17, 15) is 0 Å². The van der Waals surface area contributed by atoms with Gasteiger partial charge in [0, 0.05) is 38.5 Å². The zero-order valence-corrected chi connectivity index (χ0v) is 33.1. The Morgan fingerprint density at radius 1 is 0.279 bits per heavy atom. The Hall–Kier alpha value is -8.14. The maximum Gasteiger partial charge on any atom is 0.136 e. The number of furan rings is 2. The molecule has 61 heavy (non-hydrogen) atoms. The molecule has 3 heteroatoms. The molecule has 2 heterocycles. The summed E-state index contributed by atoms with van der Waals surface area (Å²) in [5.41, 5.74) is 16.0. The lowest BCUT2D eigenvalue weighted by molar-refractivity contribution is 0.668. The van der Waals surface area contributed by atoms with E-state index in [1.54, 1.807) is 0 Å². The first-order chi connectivity index (χ1) is 30.2. The van der Waals surface area contributed by atoms with E-state index in [0.29, 0.717) is 0 Å². The zero-order valence-electron chi connectivity index (χ0n) is 33.1. The third-order valence-electron chi connectivity index (χ3n) is 12.1. The monoisotopic (exact) mass is 779 g/mol. The van der Waals surface area contributed by atoms with E-state index < -0.39 is 0 Å². The van der Waals surface area contributed by atoms with Gasteiger partial charge >= 0.3 is 0 Å². The van der Waals surface area contributed by atoms with Crippen LogP contribution in [0.3, 0.4) is 0 Å². The molecule has 0 fully saturated rings. The van der Waals surface area contributed by atoms with Gasteiger partial charge in [0.25, 0.3) is 0 Å². The smallest absolute Gasteiger partial charge is 0.136 e. The first kappa shape index (κ1) is 34.9. The lowest BCUT2D eigenvalue weighted by Gasteiger charge is -2.29. The van der Waals surface area contributed by atoms with Gasteiger partial charge in [-0.15, -0.1) is 0 Å². The van der Waals surface area contributed by atoms with Crippen molar-refractivity contribution in [2.24, 2.45) is 0 Å². The Morgan fingerprint density at radius 3 is 1.48 bits per heavy atom. The van der Waals surface area contributed by atoms with Gasteiger partial charge in [-0.1, -0.05) is 158 Å². The summed E-state index contributed by atoms with van der Waals surface area (Å²) in [5.74, 6) is 0. The SMILES string of the molecule is c1ccc(-c2ccc(N(c3ccc(-c4cccc5oc6ccccc6c45)cc3)c3ccc(-c4ccc5ccc6oc7ccccc7c6c5c4)cc3-c3ccccc3)cc2)cc1. The second-order valence-corrected chi connectivity index (χ2v) is 15.6. The fraction of sp³-hybridized carbons (Fsp3) is 0. The number of rotatable bonds is 7. The Balaban J connectivity index is 1.03. The number of hydrogen-bond acceptors (Lipinski definition) is 3. The molecule has 0 radical (unpaired) electrons. The van der Waals surface area contributed by atoms with E-state index >= 15 is 0 Å². The van der Waals surface area contributed by atoms with E-state index in [2.05, 4.69) is 205 Å². The van der Waals surface area contributed by atoms with Crippen LogP contribution in [0.2, 0.25) is 0 Å². The van der Waals surface area contributed by atoms with Crippen LogP contribution < -0.4 is 4.90 Å². The van der Waals surface area contributed by atoms with E-state index in [0.717, 1.165) is 94.3 Å². The molecule has 0 aliphatic rings. The standard InChI is InChI=1S/C58H37NO2/c1-3-12-38(13-4-1)39-24-30-45(31-25-39)59(46-32-26-41(27-33-46)47-18-11-21-55-57(47)48-16-7-9-19-53(48)60-55)52-34-28-44(36-50(52)40-14-5-2-6-15-40)43-23-22-42-29-35-56-58(51(42)37-43)49-17-8-10-20-54(49)61-56/h1-37H. The summed E-state index contributed by atoms with van der Waals surface area (Å²) in [7, 11) is 0. The van der Waals surface area contributed by atoms with Crippen LogP contribution in [0.4, 0.5) is 17.1 Å². The lowest BCUT2D eigenvalue weighted by atomic mass is 9.94. The van der Waals surface area contributed by atoms with Gasteiger partial charge < -0.3 is 13.7 Å². The molecule has 0 aliphatic heterocycles. The van der Waals surface area contributed by atoms with E-state index in [-0.39, 0.29) is 0 Å². The van der Waals surface area contributed by atoms with Crippen molar-refractivity contribution in [1.29, 1.82) is 0 Å². The number of anilines is 3. The van der Waals surface area contributed by atoms with Crippen molar-refractivity contribution in [2.45, 2.75) is 0 Å². The third-order valence-corrected chi connectivity index (χ3v) is 12.1. The molecule has 286 valence electrons. The number of nitrogens with zero attached hydrogens (tertiary/aromatic N) is 1. The van der Waals surface area contributed by atoms with Gasteiger partial charge in [-0.25, -0.2) is 0 Å². The quantitative estimate of drug-likeness (QED) is 0.161. The number of fused-ring (bicyclic) bond motifs is 8. The predicted octanol–water partition coefficient (Wildman–Crippen LogP) is 16.8. The van der Waals surface area contributed by atoms with Gasteiger partial charge in [-0.05, 0) is 116 Å². The number of hydrogen-bond donors (Lipinski definition) is 0. The van der Waals surface area contributed by atoms with E-state index in [4.69, 9.17) is 8.83 Å². The highest BCUT2D eigenvalue weighted by Gasteiger charge is 2.20. The van der Waals surface area contributed by atoms with Gasteiger partial charge in [0.2, 0.25) is 0 Å². The molecule has 0 aliphatic carbocycles. The van der Waals surface area contributed by atoms with Gasteiger partial charge in [-0.2, -0.15) is 0 Å². The van der Waals surface area contributed by atoms with Crippen molar-refractivity contribution in [3.8, 4) is 44.5 Å². The highest BCUT2D eigenvalue weighted by atomic mass is 16.3. The second-order valence-electron chi connectivity index (χ2n) is 15.6. The molecule has 12 rings (SSSR count). The fourth-order valence-electron chi connectivity index (χ4n) is 9.15. The highest BCUT2D eigenvalue weighted by Crippen LogP contribution is 2.45. The predicted molar refractivity (Wildman–Crippen MR) is 255 cm³/mol. The number of para-hydroxylation sites is 2. The summed E-state index contributed by atoms with van der Waals surface area (Å²) in [6, 6.07) is 80.1. The maximum absolute atomic E-state index is 6.30. The van der Waals surface area contributed by atoms with Crippen LogP contribution in [0, 0.1) is 0 Å². The van der Waals surface area contributed by atoms with Crippen LogP contribution in [0.25, 0.3) is 99.2 Å². The third kappa shape index (κ3) is 5.98. The van der Waals surface area contributed by atoms with Crippen LogP contribution in [0.15, 0.2) is 233 Å². The molecule has 0 N–H and O–H groups in total. The number of benzene rings is 10. The van der Waals surface area contributed by atoms with Crippen LogP contribution in [-0.2, 0) is 0 Å². The minimum absolute atomic E-state index is 0.893. The molecule has 0 bridgehead atoms. The molecule has 2 aromatic heterocycles. The summed E-state index contributed by atoms with van der Waals surface area (Å²) >= 11 is 0. The first-order valence-electron chi connectivity index (χ1n) is 20.7. The second kappa shape index (κ2) is 14.3. The van der Waals surface area contributed by atoms with Gasteiger partial charge in [0.1, 0.15) is 22.3 Å². The molecule has 12 aromatic rings. The zero-order chi connectivity index (χ0) is 40.3. The van der Waals surface area contributed by atoms with Crippen LogP contribution in [0.5, 0.6) is 0 Å². The first-order valence-corrected chi connectivity index (χ1v) is 20.7. The van der Waals surface area contributed by atoms with Crippen LogP contribution >= 0.6 is 0 Å². The molecule has 0 amide bonds. The van der Waals surface area contributed by atoms with Crippen molar-refractivity contribution in [2.75, 3.05) is 4.90 Å². The maximum atomic E-state index is 6.30. The fourth-order valence-corrected chi connectivity index (χ4v) is 9.15. The van der Waals surface area contributed by atoms with E-state index in [1.807, 2.05) is 24.3 Å². The normalized spacial score (nSPS) is 11.6. The van der Waals surface area contributed by atoms with Gasteiger partial charge in [0.05, 0.1) is 5.69 Å². The molecular formula is C58H37NO2. The Kier molecular flexibility index (Phi) is 8.17. The van der Waals surface area contributed by atoms with Crippen LogP contribution in [0.1, 0.15) is 0 Å². The molecule has 0 spiro atoms. The van der Waals surface area contributed by atoms with Crippen molar-refractivity contribution >= 4 is 71.7 Å². The summed E-state index contributed by atoms with van der Waals surface area (Å²) in [5, 5.41) is 6.92. The topological polar surface area (TPSA) is 29.5 Å². The summed E-state index contributed by atoms with van der Waals surface area (Å²) in [6.45, 7) is 0. The van der Waals surface area contributed by atoms with Crippen molar-refractivity contribution in [3.05, 3.63) is 224 Å². The minimum Gasteiger partial charge on any atom is -0.456 e. The summed E-state index contributed by atoms with van der Waals surface area (Å²) < 4.78 is 12.6. The van der Waals surface area contributed by atoms with Crippen molar-refractivity contribution in [1.82, 2.24) is 0 Å². The van der Waals surface area contributed by atoms with Crippen LogP contribution in [-0.4, -0.2) is 0 Å². The summed E-state index contributed by atoms with van der Waals surface area (Å²) in [4.78, 5) is 2.39. The summed E-state index contributed by atoms with van der Waals surface area (Å²) in [6.07, 6.45) is 0. The largest absolute Gasteiger partial charge is 0.456 e. The molecule has 0 saturated heterocycles. The lowest BCUT2D eigenvalue weighted by Crippen LogP contribution is -2.11. The Bertz CT molecular complexity index is 3560. The van der Waals surface area contributed by atoms with E-state index in [1.165, 1.54) is 21.9 Å². The molecular weight excluding hydrogens is 743 g/mol. The molecule has 3 nitrogen and oxygen atoms in total. The highest BCUT2D eigenvalue weighted by molar-refractivity contribution is 6.19. The Labute approximate surface area is 353 Å². The van der Waals surface area contributed by atoms with Gasteiger partial charge in [0.15, 0.2) is 0 Å². The van der Waals surface area contributed by atoms with Crippen molar-refractivity contribution < 1.29 is 8.83 Å². The van der Waals surface area contributed by atoms with Gasteiger partial charge in [-0.3, -0.25) is 0 Å². The Morgan fingerprint density at radius 2 is 0.770 bits per heavy atom. The average molecular weight is 780 g/mol. The minimum atomic E-state index is 0.893. The molecule has 0 atom stereocenters. The molecule has 10 aromatic carbocycles.